The van der Waals surface area contributed by atoms with Crippen LogP contribution in [-0.2, 0) is 0 Å². The van der Waals surface area contributed by atoms with Crippen molar-refractivity contribution in [3.8, 4) is 29.1 Å². The molecule has 0 fully saturated rings. The predicted octanol–water partition coefficient (Wildman–Crippen LogP) is 2.95. The Morgan fingerprint density at radius 2 is 1.65 bits per heavy atom. The van der Waals surface area contributed by atoms with E-state index < -0.39 is 0 Å². The highest BCUT2D eigenvalue weighted by atomic mass is 16.5. The van der Waals surface area contributed by atoms with Crippen LogP contribution in [-0.4, -0.2) is 14.2 Å². The minimum Gasteiger partial charge on any atom is -0.493 e. The second kappa shape index (κ2) is 5.85. The number of nitrogens with zero attached hydrogens (tertiary/aromatic N) is 1. The van der Waals surface area contributed by atoms with Gasteiger partial charge in [-0.1, -0.05) is 6.07 Å². The Labute approximate surface area is 117 Å². The molecule has 20 heavy (non-hydrogen) atoms. The fraction of sp³-hybridized carbons (Fsp3) is 0.133. The number of rotatable bonds is 4. The fourth-order valence-corrected chi connectivity index (χ4v) is 1.75. The normalized spacial score (nSPS) is 9.65. The van der Waals surface area contributed by atoms with E-state index in [9.17, 15) is 0 Å². The Balaban J connectivity index is 2.47. The molecule has 0 unspecified atom stereocenters. The van der Waals surface area contributed by atoms with Gasteiger partial charge in [0.1, 0.15) is 11.8 Å². The van der Waals surface area contributed by atoms with Gasteiger partial charge in [-0.25, -0.2) is 0 Å². The number of nitrogen functional groups attached to an aromatic ring is 1. The predicted molar refractivity (Wildman–Crippen MR) is 75.2 cm³/mol. The molecule has 0 heterocycles. The van der Waals surface area contributed by atoms with Crippen LogP contribution in [0.5, 0.6) is 23.0 Å². The molecule has 5 heteroatoms. The maximum absolute atomic E-state index is 9.13. The van der Waals surface area contributed by atoms with Crippen molar-refractivity contribution >= 4 is 5.69 Å². The molecule has 0 aliphatic heterocycles. The Morgan fingerprint density at radius 1 is 1.00 bits per heavy atom. The van der Waals surface area contributed by atoms with E-state index in [4.69, 9.17) is 25.2 Å². The summed E-state index contributed by atoms with van der Waals surface area (Å²) in [4.78, 5) is 0. The van der Waals surface area contributed by atoms with Crippen molar-refractivity contribution in [2.75, 3.05) is 20.0 Å². The van der Waals surface area contributed by atoms with E-state index in [0.717, 1.165) is 0 Å². The molecule has 0 aromatic heterocycles. The summed E-state index contributed by atoms with van der Waals surface area (Å²) in [7, 11) is 3.08. The van der Waals surface area contributed by atoms with E-state index >= 15 is 0 Å². The lowest BCUT2D eigenvalue weighted by Gasteiger charge is -2.14. The van der Waals surface area contributed by atoms with E-state index in [1.165, 1.54) is 14.2 Å². The van der Waals surface area contributed by atoms with E-state index in [1.54, 1.807) is 36.4 Å². The van der Waals surface area contributed by atoms with Gasteiger partial charge in [0.05, 0.1) is 19.8 Å². The van der Waals surface area contributed by atoms with Gasteiger partial charge in [0.15, 0.2) is 11.5 Å². The second-order valence-corrected chi connectivity index (χ2v) is 3.96. The van der Waals surface area contributed by atoms with Gasteiger partial charge in [-0.15, -0.1) is 0 Å². The van der Waals surface area contributed by atoms with Gasteiger partial charge in [0, 0.05) is 5.69 Å². The minimum atomic E-state index is 0.345. The summed E-state index contributed by atoms with van der Waals surface area (Å²) in [5.74, 6) is 1.85. The summed E-state index contributed by atoms with van der Waals surface area (Å²) >= 11 is 0. The van der Waals surface area contributed by atoms with Crippen molar-refractivity contribution in [3.05, 3.63) is 42.0 Å². The van der Waals surface area contributed by atoms with Crippen LogP contribution in [0.25, 0.3) is 0 Å². The second-order valence-electron chi connectivity index (χ2n) is 3.96. The van der Waals surface area contributed by atoms with E-state index in [-0.39, 0.29) is 0 Å². The zero-order valence-corrected chi connectivity index (χ0v) is 11.2. The molecule has 5 nitrogen and oxygen atoms in total. The number of methoxy groups -OCH3 is 2. The third-order valence-corrected chi connectivity index (χ3v) is 2.72. The lowest BCUT2D eigenvalue weighted by molar-refractivity contribution is 0.346. The van der Waals surface area contributed by atoms with Crippen LogP contribution in [0.15, 0.2) is 36.4 Å². The van der Waals surface area contributed by atoms with Gasteiger partial charge in [0.2, 0.25) is 5.75 Å². The first-order valence-corrected chi connectivity index (χ1v) is 5.88. The van der Waals surface area contributed by atoms with Crippen LogP contribution in [0.3, 0.4) is 0 Å². The number of hydrogen-bond acceptors (Lipinski definition) is 5. The van der Waals surface area contributed by atoms with Crippen molar-refractivity contribution in [2.45, 2.75) is 0 Å². The zero-order valence-electron chi connectivity index (χ0n) is 11.2. The number of para-hydroxylation sites is 1. The van der Waals surface area contributed by atoms with Crippen molar-refractivity contribution < 1.29 is 14.2 Å². The molecule has 0 atom stereocenters. The molecule has 0 spiro atoms. The first-order chi connectivity index (χ1) is 9.69. The Kier molecular flexibility index (Phi) is 3.96. The topological polar surface area (TPSA) is 77.5 Å². The van der Waals surface area contributed by atoms with Crippen molar-refractivity contribution in [3.63, 3.8) is 0 Å². The third kappa shape index (κ3) is 2.59. The Bertz CT molecular complexity index is 640. The van der Waals surface area contributed by atoms with Gasteiger partial charge in [-0.3, -0.25) is 0 Å². The molecule has 0 aliphatic carbocycles. The van der Waals surface area contributed by atoms with Gasteiger partial charge in [-0.05, 0) is 30.3 Å². The van der Waals surface area contributed by atoms with E-state index in [0.29, 0.717) is 34.2 Å². The molecular formula is C15H14N2O3. The van der Waals surface area contributed by atoms with Crippen molar-refractivity contribution in [2.24, 2.45) is 0 Å². The standard InChI is InChI=1S/C15H14N2O3/c1-18-13-4-3-5-14(19-2)15(13)20-12-7-6-11(17)8-10(12)9-16/h3-8H,17H2,1-2H3. The monoisotopic (exact) mass is 270 g/mol. The Morgan fingerprint density at radius 3 is 2.20 bits per heavy atom. The summed E-state index contributed by atoms with van der Waals surface area (Å²) < 4.78 is 16.3. The fourth-order valence-electron chi connectivity index (χ4n) is 1.75. The van der Waals surface area contributed by atoms with Crippen molar-refractivity contribution in [1.29, 1.82) is 5.26 Å². The quantitative estimate of drug-likeness (QED) is 0.864. The van der Waals surface area contributed by atoms with Gasteiger partial charge >= 0.3 is 0 Å². The summed E-state index contributed by atoms with van der Waals surface area (Å²) in [6.45, 7) is 0. The highest BCUT2D eigenvalue weighted by Gasteiger charge is 2.14. The van der Waals surface area contributed by atoms with E-state index in [1.807, 2.05) is 6.07 Å². The first kappa shape index (κ1) is 13.6. The van der Waals surface area contributed by atoms with Gasteiger partial charge in [-0.2, -0.15) is 5.26 Å². The molecule has 0 aliphatic rings. The average Bonchev–Trinajstić information content (AvgIpc) is 2.49. The molecule has 2 aromatic rings. The number of benzene rings is 2. The summed E-state index contributed by atoms with van der Waals surface area (Å²) in [5.41, 5.74) is 6.50. The first-order valence-electron chi connectivity index (χ1n) is 5.88. The average molecular weight is 270 g/mol. The molecule has 0 radical (unpaired) electrons. The Hall–Kier alpha value is -2.87. The molecule has 0 saturated carbocycles. The lowest BCUT2D eigenvalue weighted by atomic mass is 10.2. The molecule has 0 amide bonds. The van der Waals surface area contributed by atoms with E-state index in [2.05, 4.69) is 0 Å². The van der Waals surface area contributed by atoms with Crippen LogP contribution in [0.2, 0.25) is 0 Å². The molecular weight excluding hydrogens is 256 g/mol. The molecule has 0 saturated heterocycles. The molecule has 0 bridgehead atoms. The molecule has 2 rings (SSSR count). The van der Waals surface area contributed by atoms with Crippen molar-refractivity contribution in [1.82, 2.24) is 0 Å². The van der Waals surface area contributed by atoms with Gasteiger partial charge in [0.25, 0.3) is 0 Å². The van der Waals surface area contributed by atoms with Gasteiger partial charge < -0.3 is 19.9 Å². The smallest absolute Gasteiger partial charge is 0.211 e. The summed E-state index contributed by atoms with van der Waals surface area (Å²) in [6, 6.07) is 12.2. The number of hydrogen-bond donors (Lipinski definition) is 1. The lowest BCUT2D eigenvalue weighted by Crippen LogP contribution is -1.96. The minimum absolute atomic E-state index is 0.345. The maximum atomic E-state index is 9.13. The maximum Gasteiger partial charge on any atom is 0.211 e. The third-order valence-electron chi connectivity index (χ3n) is 2.72. The number of anilines is 1. The van der Waals surface area contributed by atoms with Crippen LogP contribution < -0.4 is 19.9 Å². The van der Waals surface area contributed by atoms with Crippen LogP contribution in [0.4, 0.5) is 5.69 Å². The highest BCUT2D eigenvalue weighted by Crippen LogP contribution is 2.40. The summed E-state index contributed by atoms with van der Waals surface area (Å²) in [5, 5.41) is 9.13. The number of nitrogens with two attached hydrogens (primary N) is 1. The highest BCUT2D eigenvalue weighted by molar-refractivity contribution is 5.58. The SMILES string of the molecule is COc1cccc(OC)c1Oc1ccc(N)cc1C#N. The van der Waals surface area contributed by atoms with Crippen LogP contribution in [0.1, 0.15) is 5.56 Å². The summed E-state index contributed by atoms with van der Waals surface area (Å²) in [6.07, 6.45) is 0. The zero-order chi connectivity index (χ0) is 14.5. The molecule has 2 N–H and O–H groups in total. The van der Waals surface area contributed by atoms with Crippen LogP contribution in [0, 0.1) is 11.3 Å². The van der Waals surface area contributed by atoms with Crippen LogP contribution >= 0.6 is 0 Å². The largest absolute Gasteiger partial charge is 0.493 e. The molecule has 102 valence electrons. The number of nitriles is 1. The molecule has 2 aromatic carbocycles. The number of ether oxygens (including phenoxy) is 3.